The minimum absolute atomic E-state index is 0.0235. The predicted octanol–water partition coefficient (Wildman–Crippen LogP) is 6.45. The van der Waals surface area contributed by atoms with Gasteiger partial charge in [0.15, 0.2) is 8.32 Å². The van der Waals surface area contributed by atoms with Gasteiger partial charge >= 0.3 is 0 Å². The molecule has 5 saturated carbocycles. The van der Waals surface area contributed by atoms with E-state index in [9.17, 15) is 18.3 Å². The third-order valence-corrected chi connectivity index (χ3v) is 15.5. The molecule has 0 aromatic carbocycles. The van der Waals surface area contributed by atoms with Gasteiger partial charge in [0.25, 0.3) is 0 Å². The summed E-state index contributed by atoms with van der Waals surface area (Å²) in [6.45, 7) is 16.0. The Balaban J connectivity index is 1.38. The van der Waals surface area contributed by atoms with Crippen LogP contribution < -0.4 is 4.72 Å². The Morgan fingerprint density at radius 1 is 1.05 bits per heavy atom. The molecule has 5 unspecified atom stereocenters. The van der Waals surface area contributed by atoms with E-state index in [1.54, 1.807) is 0 Å². The van der Waals surface area contributed by atoms with Crippen LogP contribution in [0.4, 0.5) is 4.39 Å². The normalized spacial score (nSPS) is 45.3. The van der Waals surface area contributed by atoms with E-state index in [0.29, 0.717) is 55.3 Å². The lowest BCUT2D eigenvalue weighted by molar-refractivity contribution is -0.218. The summed E-state index contributed by atoms with van der Waals surface area (Å²) in [7, 11) is -5.44. The van der Waals surface area contributed by atoms with Crippen molar-refractivity contribution in [1.29, 1.82) is 0 Å². The van der Waals surface area contributed by atoms with Crippen LogP contribution in [0.15, 0.2) is 0 Å². The predicted molar refractivity (Wildman–Crippen MR) is 163 cm³/mol. The molecule has 0 spiro atoms. The van der Waals surface area contributed by atoms with Gasteiger partial charge in [-0.25, -0.2) is 12.8 Å². The van der Waals surface area contributed by atoms with Crippen molar-refractivity contribution >= 4 is 24.2 Å². The van der Waals surface area contributed by atoms with Crippen LogP contribution in [0.25, 0.3) is 0 Å². The number of hydrogen-bond donors (Lipinski definition) is 2. The van der Waals surface area contributed by atoms with Crippen molar-refractivity contribution in [3.8, 4) is 0 Å². The summed E-state index contributed by atoms with van der Waals surface area (Å²) in [4.78, 5) is 12.6. The van der Waals surface area contributed by atoms with Crippen molar-refractivity contribution < 1.29 is 27.1 Å². The molecule has 2 N–H and O–H groups in total. The highest BCUT2D eigenvalue weighted by Crippen LogP contribution is 2.70. The number of carbonyl (C=O) groups is 1. The molecule has 1 amide bonds. The maximum atomic E-state index is 16.0. The Hall–Kier alpha value is -0.513. The number of hydrogen-bond acceptors (Lipinski definition) is 5. The minimum Gasteiger partial charge on any atom is -0.414 e. The van der Waals surface area contributed by atoms with Crippen LogP contribution in [-0.4, -0.2) is 51.4 Å². The summed E-state index contributed by atoms with van der Waals surface area (Å²) in [5.74, 6) is 1.65. The van der Waals surface area contributed by atoms with Gasteiger partial charge in [-0.15, -0.1) is 0 Å². The first-order valence-electron chi connectivity index (χ1n) is 16.6. The lowest BCUT2D eigenvalue weighted by Crippen LogP contribution is -2.66. The van der Waals surface area contributed by atoms with Crippen LogP contribution >= 0.6 is 0 Å². The van der Waals surface area contributed by atoms with Crippen LogP contribution in [0.2, 0.25) is 19.6 Å². The van der Waals surface area contributed by atoms with Gasteiger partial charge in [-0.1, -0.05) is 34.1 Å². The van der Waals surface area contributed by atoms with Gasteiger partial charge in [-0.3, -0.25) is 9.52 Å². The SMILES string of the molecule is CC[C@H]1C(O[Si](C)(C)C)C2C3CCC([C@H](C)CCC(=O)NS(=O)(=O)C4CC4)[C@@]3(C)CCC2[C@@]2(C)CC[C@@H](O)[C@H](F)[C@@H]12. The van der Waals surface area contributed by atoms with Gasteiger partial charge in [0, 0.05) is 12.3 Å². The third kappa shape index (κ3) is 5.72. The number of aliphatic hydroxyl groups excluding tert-OH is 1. The van der Waals surface area contributed by atoms with Crippen LogP contribution in [0.5, 0.6) is 0 Å². The molecule has 5 rings (SSSR count). The molecule has 0 bridgehead atoms. The maximum Gasteiger partial charge on any atom is 0.237 e. The van der Waals surface area contributed by atoms with E-state index in [-0.39, 0.29) is 46.3 Å². The minimum atomic E-state index is -3.50. The first kappa shape index (κ1) is 31.9. The Kier molecular flexibility index (Phi) is 8.66. The lowest BCUT2D eigenvalue weighted by atomic mass is 9.41. The zero-order chi connectivity index (χ0) is 30.1. The second-order valence-electron chi connectivity index (χ2n) is 16.2. The smallest absolute Gasteiger partial charge is 0.237 e. The molecule has 0 aliphatic heterocycles. The fourth-order valence-corrected chi connectivity index (χ4v) is 13.2. The van der Waals surface area contributed by atoms with E-state index < -0.39 is 30.6 Å². The quantitative estimate of drug-likeness (QED) is 0.292. The molecule has 0 heterocycles. The lowest BCUT2D eigenvalue weighted by Gasteiger charge is -2.66. The van der Waals surface area contributed by atoms with Gasteiger partial charge in [0.2, 0.25) is 15.9 Å². The largest absolute Gasteiger partial charge is 0.414 e. The second kappa shape index (κ2) is 11.1. The number of rotatable bonds is 9. The summed E-state index contributed by atoms with van der Waals surface area (Å²) >= 11 is 0. The van der Waals surface area contributed by atoms with Gasteiger partial charge in [0.1, 0.15) is 6.17 Å². The number of nitrogens with one attached hydrogen (secondary N) is 1. The van der Waals surface area contributed by atoms with Crippen LogP contribution in [0, 0.1) is 52.3 Å². The van der Waals surface area contributed by atoms with Crippen molar-refractivity contribution in [2.75, 3.05) is 0 Å². The van der Waals surface area contributed by atoms with Gasteiger partial charge in [0.05, 0.1) is 17.5 Å². The van der Waals surface area contributed by atoms with Crippen molar-refractivity contribution in [3.05, 3.63) is 0 Å². The molecule has 12 atom stereocenters. The number of halogens is 1. The van der Waals surface area contributed by atoms with Gasteiger partial charge < -0.3 is 9.53 Å². The van der Waals surface area contributed by atoms with E-state index in [1.807, 2.05) is 0 Å². The number of amides is 1. The fraction of sp³-hybridized carbons (Fsp3) is 0.969. The Bertz CT molecular complexity index is 1090. The molecule has 0 aromatic rings. The molecule has 0 saturated heterocycles. The zero-order valence-corrected chi connectivity index (χ0v) is 28.3. The molecular formula is C32H56FNO5SSi. The molecule has 5 aliphatic carbocycles. The fourth-order valence-electron chi connectivity index (χ4n) is 10.7. The molecule has 0 radical (unpaired) electrons. The van der Waals surface area contributed by atoms with Crippen molar-refractivity contribution in [2.24, 2.45) is 52.3 Å². The van der Waals surface area contributed by atoms with Crippen molar-refractivity contribution in [3.63, 3.8) is 0 Å². The first-order valence-corrected chi connectivity index (χ1v) is 21.5. The number of carbonyl (C=O) groups excluding carboxylic acids is 1. The van der Waals surface area contributed by atoms with Crippen molar-refractivity contribution in [1.82, 2.24) is 4.72 Å². The Morgan fingerprint density at radius 2 is 1.68 bits per heavy atom. The topological polar surface area (TPSA) is 92.7 Å². The molecular weight excluding hydrogens is 558 g/mol. The summed E-state index contributed by atoms with van der Waals surface area (Å²) < 4.78 is 49.9. The van der Waals surface area contributed by atoms with E-state index in [1.165, 1.54) is 0 Å². The molecule has 41 heavy (non-hydrogen) atoms. The average Bonchev–Trinajstić information content (AvgIpc) is 3.68. The summed E-state index contributed by atoms with van der Waals surface area (Å²) in [6, 6.07) is 0. The summed E-state index contributed by atoms with van der Waals surface area (Å²) in [5.41, 5.74) is 0.00242. The van der Waals surface area contributed by atoms with Crippen LogP contribution in [0.1, 0.15) is 98.3 Å². The first-order chi connectivity index (χ1) is 19.0. The molecule has 236 valence electrons. The highest BCUT2D eigenvalue weighted by Gasteiger charge is 2.67. The second-order valence-corrected chi connectivity index (χ2v) is 22.6. The van der Waals surface area contributed by atoms with Crippen molar-refractivity contribution in [2.45, 2.75) is 142 Å². The van der Waals surface area contributed by atoms with Crippen LogP contribution in [-0.2, 0) is 19.2 Å². The van der Waals surface area contributed by atoms with E-state index >= 15 is 4.39 Å². The standard InChI is InChI=1S/C32H56FNO5SSi/c1-8-21-28-29(33)25(35)16-18-32(28,4)24-15-17-31(3)22(12-13-23(31)27(24)30(21)39-41(5,6)7)19(2)9-14-26(36)34-40(37,38)20-10-11-20/h19-25,27-30,35H,8-18H2,1-7H3,(H,34,36)/t19-,21-,22?,23?,24?,25-,27?,28-,29+,30?,31-,32-/m1/s1. The van der Waals surface area contributed by atoms with Crippen LogP contribution in [0.3, 0.4) is 0 Å². The maximum absolute atomic E-state index is 16.0. The molecule has 9 heteroatoms. The monoisotopic (exact) mass is 613 g/mol. The van der Waals surface area contributed by atoms with E-state index in [4.69, 9.17) is 4.43 Å². The van der Waals surface area contributed by atoms with E-state index in [0.717, 1.165) is 38.5 Å². The number of aliphatic hydroxyl groups is 1. The Morgan fingerprint density at radius 3 is 2.29 bits per heavy atom. The number of fused-ring (bicyclic) bond motifs is 5. The van der Waals surface area contributed by atoms with E-state index in [2.05, 4.69) is 52.1 Å². The summed E-state index contributed by atoms with van der Waals surface area (Å²) in [5, 5.41) is 10.3. The molecule has 0 aromatic heterocycles. The average molecular weight is 614 g/mol. The summed E-state index contributed by atoms with van der Waals surface area (Å²) in [6.07, 6.45) is 6.95. The highest BCUT2D eigenvalue weighted by molar-refractivity contribution is 7.90. The van der Waals surface area contributed by atoms with Gasteiger partial charge in [-0.2, -0.15) is 0 Å². The highest BCUT2D eigenvalue weighted by atomic mass is 32.2. The molecule has 6 nitrogen and oxygen atoms in total. The molecule has 5 fully saturated rings. The zero-order valence-electron chi connectivity index (χ0n) is 26.5. The number of sulfonamides is 1. The van der Waals surface area contributed by atoms with Gasteiger partial charge in [-0.05, 0) is 124 Å². The third-order valence-electron chi connectivity index (χ3n) is 12.7. The Labute approximate surface area is 249 Å². The number of alkyl halides is 1. The molecule has 5 aliphatic rings.